The zero-order valence-corrected chi connectivity index (χ0v) is 9.55. The van der Waals surface area contributed by atoms with Gasteiger partial charge in [-0.05, 0) is 0 Å². The number of nitrogen functional groups attached to an aromatic ring is 1. The van der Waals surface area contributed by atoms with E-state index in [9.17, 15) is 4.79 Å². The Hall–Kier alpha value is -1.87. The summed E-state index contributed by atoms with van der Waals surface area (Å²) in [6, 6.07) is 0. The number of rotatable bonds is 5. The fraction of sp³-hybridized carbons (Fsp3) is 0.250. The van der Waals surface area contributed by atoms with E-state index < -0.39 is 5.91 Å². The minimum atomic E-state index is -0.461. The molecule has 0 saturated carbocycles. The molecule has 0 aliphatic heterocycles. The number of carbonyl (C=O) groups excluding carboxylic acids is 1. The Morgan fingerprint density at radius 3 is 3.24 bits per heavy atom. The molecule has 0 atom stereocenters. The number of hydrogen-bond donors (Lipinski definition) is 2. The van der Waals surface area contributed by atoms with E-state index in [1.165, 1.54) is 24.2 Å². The van der Waals surface area contributed by atoms with Crippen LogP contribution in [-0.4, -0.2) is 31.6 Å². The molecule has 9 heteroatoms. The topological polar surface area (TPSA) is 112 Å². The lowest BCUT2D eigenvalue weighted by Gasteiger charge is -1.97. The number of nitrogens with one attached hydrogen (secondary N) is 1. The Labute approximate surface area is 101 Å². The van der Waals surface area contributed by atoms with E-state index in [0.717, 1.165) is 0 Å². The van der Waals surface area contributed by atoms with Crippen molar-refractivity contribution in [2.45, 2.75) is 11.8 Å². The first kappa shape index (κ1) is 11.6. The molecule has 0 fully saturated rings. The molecular formula is C8H10N6O2S. The Balaban J connectivity index is 1.83. The molecule has 8 nitrogen and oxygen atoms in total. The van der Waals surface area contributed by atoms with E-state index in [2.05, 4.69) is 15.3 Å². The predicted octanol–water partition coefficient (Wildman–Crippen LogP) is -0.338. The minimum Gasteiger partial charge on any atom is -0.440 e. The lowest BCUT2D eigenvalue weighted by atomic mass is 10.5. The number of hydrazine groups is 1. The van der Waals surface area contributed by atoms with Crippen LogP contribution in [0.2, 0.25) is 0 Å². The minimum absolute atomic E-state index is 0.189. The van der Waals surface area contributed by atoms with Crippen molar-refractivity contribution in [3.8, 4) is 0 Å². The highest BCUT2D eigenvalue weighted by Crippen LogP contribution is 2.14. The maximum atomic E-state index is 11.1. The molecule has 0 aliphatic carbocycles. The van der Waals surface area contributed by atoms with Gasteiger partial charge in [-0.25, -0.2) is 10.8 Å². The third kappa shape index (κ3) is 3.04. The highest BCUT2D eigenvalue weighted by molar-refractivity contribution is 7.99. The molecule has 2 aromatic rings. The molecule has 0 aromatic carbocycles. The molecule has 2 aromatic heterocycles. The van der Waals surface area contributed by atoms with Gasteiger partial charge in [0.2, 0.25) is 0 Å². The second kappa shape index (κ2) is 5.46. The van der Waals surface area contributed by atoms with Gasteiger partial charge in [-0.2, -0.15) is 0 Å². The number of carbonyl (C=O) groups is 1. The first-order valence-electron chi connectivity index (χ1n) is 4.73. The summed E-state index contributed by atoms with van der Waals surface area (Å²) >= 11 is 1.45. The molecule has 0 saturated heterocycles. The lowest BCUT2D eigenvalue weighted by molar-refractivity contribution is 0.0948. The average molecular weight is 254 g/mol. The van der Waals surface area contributed by atoms with Crippen molar-refractivity contribution in [1.29, 1.82) is 0 Å². The highest BCUT2D eigenvalue weighted by atomic mass is 32.2. The molecule has 90 valence electrons. The Kier molecular flexibility index (Phi) is 3.73. The number of oxazole rings is 1. The number of aromatic nitrogens is 4. The van der Waals surface area contributed by atoms with Crippen LogP contribution in [0.3, 0.4) is 0 Å². The third-order valence-corrected chi connectivity index (χ3v) is 2.69. The maximum absolute atomic E-state index is 11.1. The van der Waals surface area contributed by atoms with Crippen molar-refractivity contribution in [3.05, 3.63) is 24.4 Å². The zero-order valence-electron chi connectivity index (χ0n) is 8.74. The van der Waals surface area contributed by atoms with Crippen molar-refractivity contribution >= 4 is 17.7 Å². The van der Waals surface area contributed by atoms with Gasteiger partial charge in [0.1, 0.15) is 6.26 Å². The molecule has 17 heavy (non-hydrogen) atoms. The number of thioether (sulfide) groups is 1. The van der Waals surface area contributed by atoms with Crippen LogP contribution in [0.1, 0.15) is 10.5 Å². The predicted molar refractivity (Wildman–Crippen MR) is 58.9 cm³/mol. The average Bonchev–Trinajstić information content (AvgIpc) is 2.99. The summed E-state index contributed by atoms with van der Waals surface area (Å²) in [5.41, 5.74) is 2.18. The fourth-order valence-electron chi connectivity index (χ4n) is 1.09. The van der Waals surface area contributed by atoms with Gasteiger partial charge in [0, 0.05) is 5.75 Å². The zero-order chi connectivity index (χ0) is 12.1. The van der Waals surface area contributed by atoms with Crippen molar-refractivity contribution in [3.63, 3.8) is 0 Å². The molecule has 0 aliphatic rings. The van der Waals surface area contributed by atoms with E-state index in [1.54, 1.807) is 10.9 Å². The highest BCUT2D eigenvalue weighted by Gasteiger charge is 2.08. The van der Waals surface area contributed by atoms with Gasteiger partial charge >= 0.3 is 0 Å². The van der Waals surface area contributed by atoms with E-state index in [0.29, 0.717) is 17.5 Å². The molecule has 2 heterocycles. The third-order valence-electron chi connectivity index (χ3n) is 1.86. The molecule has 0 radical (unpaired) electrons. The molecule has 3 N–H and O–H groups in total. The monoisotopic (exact) mass is 254 g/mol. The Morgan fingerprint density at radius 1 is 1.65 bits per heavy atom. The maximum Gasteiger partial charge on any atom is 0.287 e. The number of aryl methyl sites for hydroxylation is 1. The quantitative estimate of drug-likeness (QED) is 0.325. The van der Waals surface area contributed by atoms with Crippen LogP contribution < -0.4 is 11.3 Å². The summed E-state index contributed by atoms with van der Waals surface area (Å²) in [5.74, 6) is 5.23. The van der Waals surface area contributed by atoms with Crippen LogP contribution in [0.4, 0.5) is 0 Å². The van der Waals surface area contributed by atoms with Crippen LogP contribution >= 0.6 is 11.8 Å². The van der Waals surface area contributed by atoms with Crippen molar-refractivity contribution < 1.29 is 9.21 Å². The summed E-state index contributed by atoms with van der Waals surface area (Å²) in [7, 11) is 0. The van der Waals surface area contributed by atoms with Crippen molar-refractivity contribution in [2.75, 3.05) is 5.75 Å². The van der Waals surface area contributed by atoms with Crippen molar-refractivity contribution in [1.82, 2.24) is 25.4 Å². The largest absolute Gasteiger partial charge is 0.440 e. The van der Waals surface area contributed by atoms with Crippen LogP contribution in [0.15, 0.2) is 28.3 Å². The summed E-state index contributed by atoms with van der Waals surface area (Å²) in [5, 5.41) is 8.07. The first-order chi connectivity index (χ1) is 8.29. The van der Waals surface area contributed by atoms with E-state index in [1.807, 2.05) is 5.43 Å². The molecule has 0 bridgehead atoms. The van der Waals surface area contributed by atoms with Gasteiger partial charge in [0.05, 0.1) is 18.9 Å². The van der Waals surface area contributed by atoms with E-state index >= 15 is 0 Å². The number of nitrogens with two attached hydrogens (primary N) is 1. The fourth-order valence-corrected chi connectivity index (χ4v) is 1.81. The second-order valence-corrected chi connectivity index (χ2v) is 4.03. The van der Waals surface area contributed by atoms with Gasteiger partial charge in [-0.15, -0.1) is 5.10 Å². The molecular weight excluding hydrogens is 244 g/mol. The summed E-state index contributed by atoms with van der Waals surface area (Å²) in [6.45, 7) is 0.595. The molecule has 0 spiro atoms. The summed E-state index contributed by atoms with van der Waals surface area (Å²) in [6.07, 6.45) is 4.63. The first-order valence-corrected chi connectivity index (χ1v) is 5.71. The number of hydrogen-bond acceptors (Lipinski definition) is 7. The van der Waals surface area contributed by atoms with Gasteiger partial charge in [0.15, 0.2) is 5.69 Å². The summed E-state index contributed by atoms with van der Waals surface area (Å²) in [4.78, 5) is 15.1. The smallest absolute Gasteiger partial charge is 0.287 e. The lowest BCUT2D eigenvalue weighted by Crippen LogP contribution is -2.30. The molecule has 0 unspecified atom stereocenters. The number of amides is 1. The van der Waals surface area contributed by atoms with E-state index in [4.69, 9.17) is 10.3 Å². The molecule has 1 amide bonds. The normalized spacial score (nSPS) is 10.4. The van der Waals surface area contributed by atoms with Gasteiger partial charge < -0.3 is 4.42 Å². The van der Waals surface area contributed by atoms with Gasteiger partial charge in [0.25, 0.3) is 11.1 Å². The van der Waals surface area contributed by atoms with Gasteiger partial charge in [-0.1, -0.05) is 17.0 Å². The van der Waals surface area contributed by atoms with E-state index in [-0.39, 0.29) is 5.69 Å². The van der Waals surface area contributed by atoms with Crippen molar-refractivity contribution in [2.24, 2.45) is 5.84 Å². The van der Waals surface area contributed by atoms with Crippen LogP contribution in [0.25, 0.3) is 0 Å². The Morgan fingerprint density at radius 2 is 2.53 bits per heavy atom. The molecule has 2 rings (SSSR count). The second-order valence-electron chi connectivity index (χ2n) is 2.99. The van der Waals surface area contributed by atoms with Crippen LogP contribution in [0, 0.1) is 0 Å². The summed E-state index contributed by atoms with van der Waals surface area (Å²) < 4.78 is 6.61. The number of nitrogens with zero attached hydrogens (tertiary/aromatic N) is 4. The van der Waals surface area contributed by atoms with Crippen LogP contribution in [-0.2, 0) is 6.54 Å². The van der Waals surface area contributed by atoms with Gasteiger partial charge in [-0.3, -0.25) is 14.9 Å². The standard InChI is InChI=1S/C8H10N6O2S/c9-11-7(15)6-5-14(13-12-6)2-4-17-8-10-1-3-16-8/h1,3,5H,2,4,9H2,(H,11,15). The SMILES string of the molecule is NNC(=O)c1cn(CCSc2ncco2)nn1. The Bertz CT molecular complexity index is 482. The van der Waals surface area contributed by atoms with Crippen LogP contribution in [0.5, 0.6) is 0 Å².